The lowest BCUT2D eigenvalue weighted by molar-refractivity contribution is -0.150. The number of carboxylic acid groups (broad SMARTS) is 1. The molecule has 0 aliphatic rings. The topological polar surface area (TPSA) is 46.5 Å². The maximum absolute atomic E-state index is 12.6. The number of halogens is 1. The van der Waals surface area contributed by atoms with E-state index < -0.39 is 12.1 Å². The van der Waals surface area contributed by atoms with Crippen LogP contribution >= 0.6 is 0 Å². The van der Waals surface area contributed by atoms with Crippen LogP contribution < -0.4 is 0 Å². The molecule has 0 amide bonds. The van der Waals surface area contributed by atoms with Crippen molar-refractivity contribution in [3.63, 3.8) is 0 Å². The average molecular weight is 226 g/mol. The summed E-state index contributed by atoms with van der Waals surface area (Å²) in [6.45, 7) is 2.33. The second kappa shape index (κ2) is 6.23. The first-order valence-electron chi connectivity index (χ1n) is 5.22. The Morgan fingerprint density at radius 1 is 1.44 bits per heavy atom. The van der Waals surface area contributed by atoms with E-state index in [4.69, 9.17) is 9.84 Å². The number of hydrogen-bond acceptors (Lipinski definition) is 2. The average Bonchev–Trinajstić information content (AvgIpc) is 2.26. The molecule has 1 aromatic rings. The molecule has 0 radical (unpaired) electrons. The Bertz CT molecular complexity index is 335. The van der Waals surface area contributed by atoms with E-state index in [0.29, 0.717) is 6.61 Å². The van der Waals surface area contributed by atoms with E-state index in [0.717, 1.165) is 12.0 Å². The van der Waals surface area contributed by atoms with Crippen molar-refractivity contribution in [3.05, 3.63) is 35.6 Å². The summed E-state index contributed by atoms with van der Waals surface area (Å²) in [6.07, 6.45) is 0.174. The molecule has 1 rings (SSSR count). The highest BCUT2D eigenvalue weighted by Gasteiger charge is 2.18. The molecule has 0 aromatic heterocycles. The van der Waals surface area contributed by atoms with Crippen molar-refractivity contribution < 1.29 is 19.0 Å². The van der Waals surface area contributed by atoms with Gasteiger partial charge in [0.05, 0.1) is 0 Å². The van der Waals surface area contributed by atoms with Crippen molar-refractivity contribution in [1.29, 1.82) is 0 Å². The van der Waals surface area contributed by atoms with Gasteiger partial charge >= 0.3 is 5.97 Å². The minimum atomic E-state index is -0.988. The minimum Gasteiger partial charge on any atom is -0.479 e. The molecule has 3 nitrogen and oxygen atoms in total. The zero-order chi connectivity index (χ0) is 12.0. The lowest BCUT2D eigenvalue weighted by Crippen LogP contribution is -2.26. The van der Waals surface area contributed by atoms with Crippen LogP contribution in [0.3, 0.4) is 0 Å². The van der Waals surface area contributed by atoms with Gasteiger partial charge in [-0.05, 0) is 24.1 Å². The summed E-state index contributed by atoms with van der Waals surface area (Å²) >= 11 is 0. The fourth-order valence-corrected chi connectivity index (χ4v) is 1.31. The van der Waals surface area contributed by atoms with E-state index in [1.807, 2.05) is 6.92 Å². The number of hydrogen-bond donors (Lipinski definition) is 1. The summed E-state index contributed by atoms with van der Waals surface area (Å²) in [4.78, 5) is 10.9. The number of carboxylic acids is 1. The van der Waals surface area contributed by atoms with Crippen molar-refractivity contribution in [2.24, 2.45) is 0 Å². The molecule has 0 spiro atoms. The minimum absolute atomic E-state index is 0.260. The second-order valence-electron chi connectivity index (χ2n) is 3.53. The van der Waals surface area contributed by atoms with E-state index in [1.54, 1.807) is 12.1 Å². The van der Waals surface area contributed by atoms with Crippen LogP contribution in [-0.4, -0.2) is 23.8 Å². The van der Waals surface area contributed by atoms with Crippen LogP contribution in [0.1, 0.15) is 18.9 Å². The van der Waals surface area contributed by atoms with Gasteiger partial charge in [0.25, 0.3) is 0 Å². The third-order valence-corrected chi connectivity index (χ3v) is 2.13. The van der Waals surface area contributed by atoms with Gasteiger partial charge in [-0.1, -0.05) is 19.1 Å². The van der Waals surface area contributed by atoms with E-state index in [2.05, 4.69) is 0 Å². The van der Waals surface area contributed by atoms with Crippen molar-refractivity contribution in [2.45, 2.75) is 25.9 Å². The fraction of sp³-hybridized carbons (Fsp3) is 0.417. The number of ether oxygens (including phenoxy) is 1. The highest BCUT2D eigenvalue weighted by atomic mass is 19.1. The van der Waals surface area contributed by atoms with Crippen LogP contribution in [0, 0.1) is 5.82 Å². The molecule has 0 heterocycles. The standard InChI is InChI=1S/C12H15FO3/c1-2-7-16-11(12(14)15)8-9-3-5-10(13)6-4-9/h3-6,11H,2,7-8H2,1H3,(H,14,15). The number of benzene rings is 1. The molecular weight excluding hydrogens is 211 g/mol. The first-order valence-corrected chi connectivity index (χ1v) is 5.22. The Labute approximate surface area is 93.9 Å². The molecule has 0 saturated heterocycles. The van der Waals surface area contributed by atoms with Gasteiger partial charge in [-0.15, -0.1) is 0 Å². The van der Waals surface area contributed by atoms with Gasteiger partial charge in [0.2, 0.25) is 0 Å². The first kappa shape index (κ1) is 12.6. The van der Waals surface area contributed by atoms with E-state index in [-0.39, 0.29) is 12.2 Å². The largest absolute Gasteiger partial charge is 0.479 e. The third-order valence-electron chi connectivity index (χ3n) is 2.13. The zero-order valence-electron chi connectivity index (χ0n) is 9.15. The predicted octanol–water partition coefficient (Wildman–Crippen LogP) is 2.25. The Morgan fingerprint density at radius 2 is 2.06 bits per heavy atom. The first-order chi connectivity index (χ1) is 7.63. The van der Waals surface area contributed by atoms with Crippen LogP contribution in [0.25, 0.3) is 0 Å². The summed E-state index contributed by atoms with van der Waals surface area (Å²) in [7, 11) is 0. The van der Waals surface area contributed by atoms with Crippen molar-refractivity contribution in [2.75, 3.05) is 6.61 Å². The highest BCUT2D eigenvalue weighted by Crippen LogP contribution is 2.08. The normalized spacial score (nSPS) is 12.4. The van der Waals surface area contributed by atoms with E-state index >= 15 is 0 Å². The van der Waals surface area contributed by atoms with E-state index in [9.17, 15) is 9.18 Å². The van der Waals surface area contributed by atoms with Crippen LogP contribution in [0.2, 0.25) is 0 Å². The summed E-state index contributed by atoms with van der Waals surface area (Å²) < 4.78 is 17.8. The molecule has 16 heavy (non-hydrogen) atoms. The Morgan fingerprint density at radius 3 is 2.56 bits per heavy atom. The van der Waals surface area contributed by atoms with Crippen LogP contribution in [-0.2, 0) is 16.0 Å². The zero-order valence-corrected chi connectivity index (χ0v) is 9.15. The Kier molecular flexibility index (Phi) is 4.92. The van der Waals surface area contributed by atoms with Gasteiger partial charge in [-0.2, -0.15) is 0 Å². The molecule has 0 aliphatic heterocycles. The molecule has 1 atom stereocenters. The molecule has 1 aromatic carbocycles. The molecule has 88 valence electrons. The second-order valence-corrected chi connectivity index (χ2v) is 3.53. The summed E-state index contributed by atoms with van der Waals surface area (Å²) in [5.74, 6) is -1.32. The summed E-state index contributed by atoms with van der Waals surface area (Å²) in [5, 5.41) is 8.92. The smallest absolute Gasteiger partial charge is 0.333 e. The summed E-state index contributed by atoms with van der Waals surface area (Å²) in [6, 6.07) is 5.77. The van der Waals surface area contributed by atoms with Gasteiger partial charge in [0.1, 0.15) is 5.82 Å². The van der Waals surface area contributed by atoms with Gasteiger partial charge in [-0.3, -0.25) is 0 Å². The van der Waals surface area contributed by atoms with Gasteiger partial charge in [0, 0.05) is 13.0 Å². The molecular formula is C12H15FO3. The maximum Gasteiger partial charge on any atom is 0.333 e. The highest BCUT2D eigenvalue weighted by molar-refractivity contribution is 5.72. The number of aliphatic carboxylic acids is 1. The van der Waals surface area contributed by atoms with Gasteiger partial charge < -0.3 is 9.84 Å². The lowest BCUT2D eigenvalue weighted by atomic mass is 10.1. The quantitative estimate of drug-likeness (QED) is 0.809. The van der Waals surface area contributed by atoms with Crippen molar-refractivity contribution in [3.8, 4) is 0 Å². The Balaban J connectivity index is 2.60. The van der Waals surface area contributed by atoms with Crippen LogP contribution in [0.15, 0.2) is 24.3 Å². The molecule has 1 N–H and O–H groups in total. The van der Waals surface area contributed by atoms with Crippen LogP contribution in [0.5, 0.6) is 0 Å². The molecule has 0 saturated carbocycles. The predicted molar refractivity (Wildman–Crippen MR) is 57.8 cm³/mol. The monoisotopic (exact) mass is 226 g/mol. The van der Waals surface area contributed by atoms with E-state index in [1.165, 1.54) is 12.1 Å². The molecule has 0 fully saturated rings. The van der Waals surface area contributed by atoms with Crippen molar-refractivity contribution >= 4 is 5.97 Å². The lowest BCUT2D eigenvalue weighted by Gasteiger charge is -2.12. The fourth-order valence-electron chi connectivity index (χ4n) is 1.31. The number of carbonyl (C=O) groups is 1. The Hall–Kier alpha value is -1.42. The van der Waals surface area contributed by atoms with Gasteiger partial charge in [-0.25, -0.2) is 9.18 Å². The van der Waals surface area contributed by atoms with Crippen molar-refractivity contribution in [1.82, 2.24) is 0 Å². The molecule has 4 heteroatoms. The molecule has 1 unspecified atom stereocenters. The third kappa shape index (κ3) is 3.98. The van der Waals surface area contributed by atoms with Gasteiger partial charge in [0.15, 0.2) is 6.10 Å². The number of rotatable bonds is 6. The molecule has 0 bridgehead atoms. The summed E-state index contributed by atoms with van der Waals surface area (Å²) in [5.41, 5.74) is 0.755. The maximum atomic E-state index is 12.6. The molecule has 0 aliphatic carbocycles. The SMILES string of the molecule is CCCOC(Cc1ccc(F)cc1)C(=O)O. The van der Waals surface area contributed by atoms with Crippen LogP contribution in [0.4, 0.5) is 4.39 Å².